The van der Waals surface area contributed by atoms with Gasteiger partial charge in [0, 0.05) is 37.0 Å². The summed E-state index contributed by atoms with van der Waals surface area (Å²) >= 11 is 0. The number of hydrogen-bond donors (Lipinski definition) is 2. The molecular formula is C17H35N3O3. The standard InChI is InChI=1S/C17H35N3O3/c1-7-17(5,6)20(16(2,3)4)15(22)8-11-19-14(21)9-12-23-13-10-18/h7-13,18H2,1-6H3,(H,19,21). The zero-order valence-electron chi connectivity index (χ0n) is 15.7. The number of amides is 2. The Morgan fingerprint density at radius 1 is 1.09 bits per heavy atom. The number of nitrogens with one attached hydrogen (secondary N) is 1. The highest BCUT2D eigenvalue weighted by atomic mass is 16.5. The number of ether oxygens (including phenoxy) is 1. The fourth-order valence-electron chi connectivity index (χ4n) is 2.64. The second-order valence-electron chi connectivity index (χ2n) is 7.32. The van der Waals surface area contributed by atoms with Gasteiger partial charge in [-0.3, -0.25) is 9.59 Å². The summed E-state index contributed by atoms with van der Waals surface area (Å²) in [5.41, 5.74) is 4.83. The van der Waals surface area contributed by atoms with Gasteiger partial charge in [0.1, 0.15) is 0 Å². The first-order valence-electron chi connectivity index (χ1n) is 8.44. The Hall–Kier alpha value is -1.14. The van der Waals surface area contributed by atoms with Gasteiger partial charge in [0.05, 0.1) is 13.2 Å². The summed E-state index contributed by atoms with van der Waals surface area (Å²) in [6.45, 7) is 13.9. The molecule has 0 fully saturated rings. The quantitative estimate of drug-likeness (QED) is 0.597. The second-order valence-corrected chi connectivity index (χ2v) is 7.32. The van der Waals surface area contributed by atoms with Crippen molar-refractivity contribution in [1.29, 1.82) is 0 Å². The Balaban J connectivity index is 4.37. The van der Waals surface area contributed by atoms with E-state index in [-0.39, 0.29) is 29.3 Å². The molecule has 0 aromatic rings. The van der Waals surface area contributed by atoms with Gasteiger partial charge in [-0.25, -0.2) is 0 Å². The Labute approximate surface area is 141 Å². The highest BCUT2D eigenvalue weighted by Gasteiger charge is 2.36. The van der Waals surface area contributed by atoms with Crippen LogP contribution in [-0.4, -0.2) is 54.1 Å². The van der Waals surface area contributed by atoms with E-state index in [9.17, 15) is 9.59 Å². The first kappa shape index (κ1) is 21.9. The van der Waals surface area contributed by atoms with E-state index >= 15 is 0 Å². The molecule has 136 valence electrons. The van der Waals surface area contributed by atoms with Crippen LogP contribution < -0.4 is 11.1 Å². The Bertz CT molecular complexity index is 376. The van der Waals surface area contributed by atoms with Crippen molar-refractivity contribution in [2.75, 3.05) is 26.3 Å². The first-order chi connectivity index (χ1) is 10.6. The van der Waals surface area contributed by atoms with Gasteiger partial charge in [-0.05, 0) is 41.0 Å². The van der Waals surface area contributed by atoms with Crippen LogP contribution in [0.25, 0.3) is 0 Å². The van der Waals surface area contributed by atoms with E-state index in [0.717, 1.165) is 6.42 Å². The molecule has 0 aliphatic heterocycles. The molecule has 0 saturated heterocycles. The molecule has 3 N–H and O–H groups in total. The van der Waals surface area contributed by atoms with Crippen LogP contribution in [0.15, 0.2) is 0 Å². The molecule has 0 unspecified atom stereocenters. The maximum absolute atomic E-state index is 12.6. The lowest BCUT2D eigenvalue weighted by atomic mass is 9.91. The van der Waals surface area contributed by atoms with Crippen LogP contribution in [0.1, 0.15) is 60.8 Å². The minimum atomic E-state index is -0.253. The third-order valence-corrected chi connectivity index (χ3v) is 3.79. The van der Waals surface area contributed by atoms with Gasteiger partial charge in [0.15, 0.2) is 0 Å². The van der Waals surface area contributed by atoms with Gasteiger partial charge in [-0.1, -0.05) is 6.92 Å². The van der Waals surface area contributed by atoms with Gasteiger partial charge >= 0.3 is 0 Å². The molecule has 2 amide bonds. The first-order valence-corrected chi connectivity index (χ1v) is 8.44. The van der Waals surface area contributed by atoms with Crippen LogP contribution in [-0.2, 0) is 14.3 Å². The molecule has 6 nitrogen and oxygen atoms in total. The molecule has 23 heavy (non-hydrogen) atoms. The Kier molecular flexibility index (Phi) is 9.39. The maximum Gasteiger partial charge on any atom is 0.225 e. The second kappa shape index (κ2) is 9.88. The highest BCUT2D eigenvalue weighted by Crippen LogP contribution is 2.28. The molecular weight excluding hydrogens is 294 g/mol. The fraction of sp³-hybridized carbons (Fsp3) is 0.882. The maximum atomic E-state index is 12.6. The summed E-state index contributed by atoms with van der Waals surface area (Å²) in [5.74, 6) is -0.0455. The largest absolute Gasteiger partial charge is 0.380 e. The van der Waals surface area contributed by atoms with Gasteiger partial charge in [0.2, 0.25) is 11.8 Å². The number of rotatable bonds is 10. The number of carbonyl (C=O) groups excluding carboxylic acids is 2. The molecule has 0 atom stereocenters. The lowest BCUT2D eigenvalue weighted by molar-refractivity contribution is -0.143. The lowest BCUT2D eigenvalue weighted by Gasteiger charge is -2.47. The third kappa shape index (κ3) is 8.32. The summed E-state index contributed by atoms with van der Waals surface area (Å²) in [4.78, 5) is 26.2. The molecule has 0 bridgehead atoms. The zero-order chi connectivity index (χ0) is 18.1. The van der Waals surface area contributed by atoms with Crippen LogP contribution in [0.2, 0.25) is 0 Å². The average molecular weight is 329 g/mol. The predicted octanol–water partition coefficient (Wildman–Crippen LogP) is 1.67. The van der Waals surface area contributed by atoms with Crippen molar-refractivity contribution in [3.8, 4) is 0 Å². The van der Waals surface area contributed by atoms with Gasteiger partial charge < -0.3 is 20.7 Å². The molecule has 0 heterocycles. The van der Waals surface area contributed by atoms with Crippen molar-refractivity contribution in [2.45, 2.75) is 71.9 Å². The summed E-state index contributed by atoms with van der Waals surface area (Å²) in [7, 11) is 0. The molecule has 0 spiro atoms. The summed E-state index contributed by atoms with van der Waals surface area (Å²) in [5, 5.41) is 2.77. The summed E-state index contributed by atoms with van der Waals surface area (Å²) < 4.78 is 5.16. The zero-order valence-corrected chi connectivity index (χ0v) is 15.7. The molecule has 0 aromatic carbocycles. The lowest BCUT2D eigenvalue weighted by Crippen LogP contribution is -2.57. The number of carbonyl (C=O) groups is 2. The van der Waals surface area contributed by atoms with Crippen LogP contribution in [0.3, 0.4) is 0 Å². The highest BCUT2D eigenvalue weighted by molar-refractivity contribution is 5.80. The molecule has 0 saturated carbocycles. The van der Waals surface area contributed by atoms with Crippen molar-refractivity contribution >= 4 is 11.8 Å². The van der Waals surface area contributed by atoms with E-state index in [1.807, 2.05) is 25.7 Å². The van der Waals surface area contributed by atoms with E-state index in [0.29, 0.717) is 32.7 Å². The van der Waals surface area contributed by atoms with Crippen LogP contribution in [0.5, 0.6) is 0 Å². The Morgan fingerprint density at radius 2 is 1.70 bits per heavy atom. The van der Waals surface area contributed by atoms with E-state index in [1.165, 1.54) is 0 Å². The average Bonchev–Trinajstić information content (AvgIpc) is 2.41. The minimum Gasteiger partial charge on any atom is -0.380 e. The van der Waals surface area contributed by atoms with E-state index in [1.54, 1.807) is 0 Å². The van der Waals surface area contributed by atoms with Crippen LogP contribution in [0, 0.1) is 0 Å². The molecule has 0 aliphatic carbocycles. The van der Waals surface area contributed by atoms with Crippen molar-refractivity contribution in [1.82, 2.24) is 10.2 Å². The molecule has 0 rings (SSSR count). The van der Waals surface area contributed by atoms with Crippen molar-refractivity contribution in [2.24, 2.45) is 5.73 Å². The monoisotopic (exact) mass is 329 g/mol. The van der Waals surface area contributed by atoms with E-state index in [4.69, 9.17) is 10.5 Å². The third-order valence-electron chi connectivity index (χ3n) is 3.79. The minimum absolute atomic E-state index is 0.0593. The van der Waals surface area contributed by atoms with Gasteiger partial charge in [0.25, 0.3) is 0 Å². The molecule has 0 aromatic heterocycles. The predicted molar refractivity (Wildman–Crippen MR) is 93.1 cm³/mol. The van der Waals surface area contributed by atoms with Crippen molar-refractivity contribution < 1.29 is 14.3 Å². The SMILES string of the molecule is CCC(C)(C)N(C(=O)CCNC(=O)CCOCCN)C(C)(C)C. The van der Waals surface area contributed by atoms with Crippen molar-refractivity contribution in [3.05, 3.63) is 0 Å². The summed E-state index contributed by atoms with van der Waals surface area (Å²) in [6.07, 6.45) is 1.47. The summed E-state index contributed by atoms with van der Waals surface area (Å²) in [6, 6.07) is 0. The molecule has 6 heteroatoms. The van der Waals surface area contributed by atoms with Crippen LogP contribution >= 0.6 is 0 Å². The number of hydrogen-bond acceptors (Lipinski definition) is 4. The number of nitrogens with zero attached hydrogens (tertiary/aromatic N) is 1. The fourth-order valence-corrected chi connectivity index (χ4v) is 2.64. The van der Waals surface area contributed by atoms with E-state index in [2.05, 4.69) is 26.1 Å². The topological polar surface area (TPSA) is 84.7 Å². The smallest absolute Gasteiger partial charge is 0.225 e. The Morgan fingerprint density at radius 3 is 2.17 bits per heavy atom. The van der Waals surface area contributed by atoms with Gasteiger partial charge in [-0.15, -0.1) is 0 Å². The molecule has 0 aliphatic rings. The van der Waals surface area contributed by atoms with E-state index < -0.39 is 0 Å². The molecule has 0 radical (unpaired) electrons. The van der Waals surface area contributed by atoms with Crippen LogP contribution in [0.4, 0.5) is 0 Å². The normalized spacial score (nSPS) is 12.1. The number of nitrogens with two attached hydrogens (primary N) is 1. The van der Waals surface area contributed by atoms with Gasteiger partial charge in [-0.2, -0.15) is 0 Å². The van der Waals surface area contributed by atoms with Crippen molar-refractivity contribution in [3.63, 3.8) is 0 Å².